The van der Waals surface area contributed by atoms with Crippen molar-refractivity contribution in [3.05, 3.63) is 28.2 Å². The fourth-order valence-corrected chi connectivity index (χ4v) is 2.29. The third kappa shape index (κ3) is 5.41. The van der Waals surface area contributed by atoms with E-state index >= 15 is 0 Å². The Kier molecular flexibility index (Phi) is 6.77. The maximum Gasteiger partial charge on any atom is 0.326 e. The van der Waals surface area contributed by atoms with E-state index in [1.807, 2.05) is 6.92 Å². The summed E-state index contributed by atoms with van der Waals surface area (Å²) in [7, 11) is 1.68. The molecule has 23 heavy (non-hydrogen) atoms. The number of aromatic hydroxyl groups is 1. The van der Waals surface area contributed by atoms with Crippen molar-refractivity contribution in [3.8, 4) is 5.75 Å². The van der Waals surface area contributed by atoms with E-state index in [4.69, 9.17) is 5.11 Å². The zero-order chi connectivity index (χ0) is 17.6. The summed E-state index contributed by atoms with van der Waals surface area (Å²) in [5, 5.41) is 27.7. The molecule has 0 saturated carbocycles. The molecule has 1 rings (SSSR count). The van der Waals surface area contributed by atoms with Crippen molar-refractivity contribution >= 4 is 11.9 Å². The molecule has 0 amide bonds. The Morgan fingerprint density at radius 1 is 1.35 bits per heavy atom. The second kappa shape index (κ2) is 8.33. The van der Waals surface area contributed by atoms with E-state index in [0.29, 0.717) is 18.5 Å². The van der Waals surface area contributed by atoms with Crippen LogP contribution in [0, 0.1) is 0 Å². The van der Waals surface area contributed by atoms with Gasteiger partial charge in [0.1, 0.15) is 6.04 Å². The lowest BCUT2D eigenvalue weighted by atomic mass is 10.1. The molecule has 0 aliphatic heterocycles. The molecule has 0 aliphatic rings. The highest BCUT2D eigenvalue weighted by atomic mass is 16.4. The monoisotopic (exact) mass is 326 g/mol. The molecular weight excluding hydrogens is 304 g/mol. The molecule has 8 nitrogen and oxygen atoms in total. The van der Waals surface area contributed by atoms with Crippen molar-refractivity contribution in [1.29, 1.82) is 0 Å². The van der Waals surface area contributed by atoms with Gasteiger partial charge in [-0.1, -0.05) is 13.3 Å². The minimum absolute atomic E-state index is 0.0594. The Balaban J connectivity index is 3.13. The van der Waals surface area contributed by atoms with E-state index in [1.165, 1.54) is 10.6 Å². The zero-order valence-corrected chi connectivity index (χ0v) is 13.2. The van der Waals surface area contributed by atoms with Crippen LogP contribution in [0.4, 0.5) is 0 Å². The Morgan fingerprint density at radius 3 is 2.52 bits per heavy atom. The van der Waals surface area contributed by atoms with Gasteiger partial charge in [0.25, 0.3) is 0 Å². The maximum absolute atomic E-state index is 11.7. The van der Waals surface area contributed by atoms with E-state index in [2.05, 4.69) is 0 Å². The molecule has 0 aliphatic carbocycles. The van der Waals surface area contributed by atoms with Gasteiger partial charge in [-0.05, 0) is 13.5 Å². The average molecular weight is 326 g/mol. The van der Waals surface area contributed by atoms with E-state index in [0.717, 1.165) is 6.20 Å². The molecule has 1 heterocycles. The van der Waals surface area contributed by atoms with Crippen molar-refractivity contribution in [2.75, 3.05) is 13.6 Å². The Labute approximate surface area is 133 Å². The summed E-state index contributed by atoms with van der Waals surface area (Å²) in [5.74, 6) is -2.50. The molecule has 1 unspecified atom stereocenters. The van der Waals surface area contributed by atoms with Gasteiger partial charge in [0.2, 0.25) is 5.43 Å². The number of hydrogen-bond acceptors (Lipinski definition) is 5. The van der Waals surface area contributed by atoms with Crippen LogP contribution in [0.25, 0.3) is 0 Å². The minimum Gasteiger partial charge on any atom is -0.503 e. The van der Waals surface area contributed by atoms with Crippen LogP contribution >= 0.6 is 0 Å². The lowest BCUT2D eigenvalue weighted by molar-refractivity contribution is -0.141. The van der Waals surface area contributed by atoms with Gasteiger partial charge in [-0.15, -0.1) is 0 Å². The Hall–Kier alpha value is -2.35. The molecule has 0 radical (unpaired) electrons. The van der Waals surface area contributed by atoms with Gasteiger partial charge < -0.3 is 24.8 Å². The Bertz CT molecular complexity index is 625. The molecule has 0 bridgehead atoms. The fourth-order valence-electron chi connectivity index (χ4n) is 2.29. The number of aliphatic carboxylic acids is 2. The third-order valence-corrected chi connectivity index (χ3v) is 3.47. The first-order valence-corrected chi connectivity index (χ1v) is 7.33. The molecule has 0 saturated heterocycles. The quantitative estimate of drug-likeness (QED) is 0.616. The highest BCUT2D eigenvalue weighted by Gasteiger charge is 2.22. The lowest BCUT2D eigenvalue weighted by Crippen LogP contribution is -2.28. The summed E-state index contributed by atoms with van der Waals surface area (Å²) in [5.41, 5.74) is -0.176. The highest BCUT2D eigenvalue weighted by molar-refractivity contribution is 5.72. The van der Waals surface area contributed by atoms with Crippen molar-refractivity contribution in [3.63, 3.8) is 0 Å². The fraction of sp³-hybridized carbons (Fsp3) is 0.533. The molecule has 3 N–H and O–H groups in total. The summed E-state index contributed by atoms with van der Waals surface area (Å²) in [6.07, 6.45) is 2.05. The number of carboxylic acids is 2. The number of pyridine rings is 1. The van der Waals surface area contributed by atoms with Gasteiger partial charge >= 0.3 is 11.9 Å². The van der Waals surface area contributed by atoms with Crippen LogP contribution in [-0.2, 0) is 16.1 Å². The summed E-state index contributed by atoms with van der Waals surface area (Å²) < 4.78 is 1.37. The molecule has 1 atom stereocenters. The van der Waals surface area contributed by atoms with Gasteiger partial charge in [-0.25, -0.2) is 4.79 Å². The molecule has 128 valence electrons. The van der Waals surface area contributed by atoms with Gasteiger partial charge in [0.05, 0.1) is 12.6 Å². The standard InChI is InChI=1S/C15H22N2O6/c1-3-4-11(15(22)23)17-9-13(19)12(18)7-10(17)8-16(2)6-5-14(20)21/h7,9,11,19H,3-6,8H2,1-2H3,(H,20,21)(H,22,23). The van der Waals surface area contributed by atoms with Crippen LogP contribution < -0.4 is 5.43 Å². The highest BCUT2D eigenvalue weighted by Crippen LogP contribution is 2.19. The Morgan fingerprint density at radius 2 is 2.00 bits per heavy atom. The van der Waals surface area contributed by atoms with Crippen LogP contribution in [0.3, 0.4) is 0 Å². The normalized spacial score (nSPS) is 12.3. The van der Waals surface area contributed by atoms with E-state index in [1.54, 1.807) is 11.9 Å². The van der Waals surface area contributed by atoms with Crippen molar-refractivity contribution in [2.24, 2.45) is 0 Å². The number of aromatic nitrogens is 1. The molecule has 0 aromatic carbocycles. The van der Waals surface area contributed by atoms with E-state index < -0.39 is 29.2 Å². The molecule has 0 spiro atoms. The molecular formula is C15H22N2O6. The first kappa shape index (κ1) is 18.7. The summed E-state index contributed by atoms with van der Waals surface area (Å²) in [6.45, 7) is 2.31. The summed E-state index contributed by atoms with van der Waals surface area (Å²) >= 11 is 0. The predicted molar refractivity (Wildman–Crippen MR) is 82.5 cm³/mol. The summed E-state index contributed by atoms with van der Waals surface area (Å²) in [6, 6.07) is 0.299. The van der Waals surface area contributed by atoms with Crippen molar-refractivity contribution in [1.82, 2.24) is 9.47 Å². The van der Waals surface area contributed by atoms with Crippen molar-refractivity contribution in [2.45, 2.75) is 38.8 Å². The van der Waals surface area contributed by atoms with Crippen LogP contribution in [0.1, 0.15) is 37.9 Å². The third-order valence-electron chi connectivity index (χ3n) is 3.47. The van der Waals surface area contributed by atoms with Crippen LogP contribution in [-0.4, -0.2) is 50.3 Å². The number of carboxylic acid groups (broad SMARTS) is 2. The van der Waals surface area contributed by atoms with Crippen molar-refractivity contribution < 1.29 is 24.9 Å². The lowest BCUT2D eigenvalue weighted by Gasteiger charge is -2.23. The van der Waals surface area contributed by atoms with Crippen LogP contribution in [0.5, 0.6) is 5.75 Å². The van der Waals surface area contributed by atoms with Gasteiger partial charge in [-0.3, -0.25) is 9.59 Å². The van der Waals surface area contributed by atoms with Gasteiger partial charge in [-0.2, -0.15) is 0 Å². The zero-order valence-electron chi connectivity index (χ0n) is 13.2. The molecule has 1 aromatic rings. The first-order chi connectivity index (χ1) is 10.8. The molecule has 8 heteroatoms. The van der Waals surface area contributed by atoms with E-state index in [-0.39, 0.29) is 19.5 Å². The van der Waals surface area contributed by atoms with Crippen LogP contribution in [0.15, 0.2) is 17.1 Å². The van der Waals surface area contributed by atoms with E-state index in [9.17, 15) is 24.6 Å². The summed E-state index contributed by atoms with van der Waals surface area (Å²) in [4.78, 5) is 35.4. The second-order valence-electron chi connectivity index (χ2n) is 5.45. The largest absolute Gasteiger partial charge is 0.503 e. The first-order valence-electron chi connectivity index (χ1n) is 7.33. The number of nitrogens with zero attached hydrogens (tertiary/aromatic N) is 2. The number of hydrogen-bond donors (Lipinski definition) is 3. The maximum atomic E-state index is 11.7. The van der Waals surface area contributed by atoms with Crippen LogP contribution in [0.2, 0.25) is 0 Å². The van der Waals surface area contributed by atoms with Gasteiger partial charge in [0.15, 0.2) is 5.75 Å². The smallest absolute Gasteiger partial charge is 0.326 e. The predicted octanol–water partition coefficient (Wildman–Crippen LogP) is 0.886. The SMILES string of the molecule is CCCC(C(=O)O)n1cc(O)c(=O)cc1CN(C)CCC(=O)O. The average Bonchev–Trinajstić information content (AvgIpc) is 2.46. The minimum atomic E-state index is -1.05. The second-order valence-corrected chi connectivity index (χ2v) is 5.45. The number of carbonyl (C=O) groups is 2. The topological polar surface area (TPSA) is 120 Å². The molecule has 1 aromatic heterocycles. The van der Waals surface area contributed by atoms with Gasteiger partial charge in [0, 0.05) is 24.8 Å². The number of rotatable bonds is 9. The molecule has 0 fully saturated rings.